The van der Waals surface area contributed by atoms with Crippen molar-refractivity contribution >= 4 is 11.8 Å². The van der Waals surface area contributed by atoms with E-state index in [0.717, 1.165) is 30.4 Å². The van der Waals surface area contributed by atoms with Gasteiger partial charge in [0.05, 0.1) is 5.69 Å². The van der Waals surface area contributed by atoms with Gasteiger partial charge in [0.2, 0.25) is 5.78 Å². The minimum atomic E-state index is -1.12. The first-order chi connectivity index (χ1) is 15.0. The molecule has 0 spiro atoms. The maximum Gasteiger partial charge on any atom is 0.358 e. The van der Waals surface area contributed by atoms with Crippen LogP contribution in [0.15, 0.2) is 77.7 Å². The zero-order valence-electron chi connectivity index (χ0n) is 17.1. The topological polar surface area (TPSA) is 85.3 Å². The molecule has 0 fully saturated rings. The lowest BCUT2D eigenvalue weighted by atomic mass is 10.0. The van der Waals surface area contributed by atoms with Crippen LogP contribution in [0.5, 0.6) is 0 Å². The number of benzene rings is 2. The highest BCUT2D eigenvalue weighted by Gasteiger charge is 2.17. The Balaban J connectivity index is 1.43. The maximum absolute atomic E-state index is 12.9. The third kappa shape index (κ3) is 4.48. The van der Waals surface area contributed by atoms with Gasteiger partial charge >= 0.3 is 5.97 Å². The number of ketones is 1. The number of rotatable bonds is 8. The minimum absolute atomic E-state index is 0.0125. The lowest BCUT2D eigenvalue weighted by molar-refractivity contribution is 0.0691. The van der Waals surface area contributed by atoms with Gasteiger partial charge in [0.1, 0.15) is 0 Å². The summed E-state index contributed by atoms with van der Waals surface area (Å²) >= 11 is 0. The van der Waals surface area contributed by atoms with Crippen LogP contribution in [0.4, 0.5) is 0 Å². The first-order valence-corrected chi connectivity index (χ1v) is 10.1. The van der Waals surface area contributed by atoms with Crippen LogP contribution < -0.4 is 0 Å². The van der Waals surface area contributed by atoms with Crippen LogP contribution in [-0.4, -0.2) is 26.4 Å². The third-order valence-corrected chi connectivity index (χ3v) is 5.20. The SMILES string of the molecule is Cc1ccc(C(=O)c2cccn2CCCc2cccc(-c3ocnc3C(=O)O)c2)cc1. The summed E-state index contributed by atoms with van der Waals surface area (Å²) in [5.74, 6) is -0.850. The zero-order chi connectivity index (χ0) is 21.8. The van der Waals surface area contributed by atoms with E-state index in [1.165, 1.54) is 0 Å². The summed E-state index contributed by atoms with van der Waals surface area (Å²) in [5.41, 5.74) is 4.12. The Hall–Kier alpha value is -3.93. The van der Waals surface area contributed by atoms with Crippen LogP contribution in [0.1, 0.15) is 44.1 Å². The summed E-state index contributed by atoms with van der Waals surface area (Å²) in [6, 6.07) is 18.9. The van der Waals surface area contributed by atoms with Gasteiger partial charge in [0.25, 0.3) is 0 Å². The molecular weight excluding hydrogens is 392 g/mol. The second-order valence-corrected chi connectivity index (χ2v) is 7.42. The molecule has 2 aromatic heterocycles. The predicted molar refractivity (Wildman–Crippen MR) is 116 cm³/mol. The molecule has 0 radical (unpaired) electrons. The monoisotopic (exact) mass is 414 g/mol. The van der Waals surface area contributed by atoms with Crippen LogP contribution in [0.3, 0.4) is 0 Å². The highest BCUT2D eigenvalue weighted by molar-refractivity contribution is 6.08. The molecule has 4 rings (SSSR count). The molecule has 1 N–H and O–H groups in total. The summed E-state index contributed by atoms with van der Waals surface area (Å²) in [7, 11) is 0. The predicted octanol–water partition coefficient (Wildman–Crippen LogP) is 5.01. The van der Waals surface area contributed by atoms with E-state index in [-0.39, 0.29) is 17.2 Å². The van der Waals surface area contributed by atoms with Crippen LogP contribution in [0, 0.1) is 6.92 Å². The van der Waals surface area contributed by atoms with Crippen LogP contribution in [-0.2, 0) is 13.0 Å². The normalized spacial score (nSPS) is 10.9. The van der Waals surface area contributed by atoms with E-state index in [9.17, 15) is 14.7 Å². The largest absolute Gasteiger partial charge is 0.476 e. The summed E-state index contributed by atoms with van der Waals surface area (Å²) in [6.45, 7) is 2.70. The molecule has 156 valence electrons. The molecule has 6 heteroatoms. The number of hydrogen-bond acceptors (Lipinski definition) is 4. The molecule has 0 unspecified atom stereocenters. The molecule has 0 aliphatic carbocycles. The number of aromatic nitrogens is 2. The van der Waals surface area contributed by atoms with Crippen molar-refractivity contribution in [3.05, 3.63) is 101 Å². The maximum atomic E-state index is 12.9. The summed E-state index contributed by atoms with van der Waals surface area (Å²) in [6.07, 6.45) is 4.67. The minimum Gasteiger partial charge on any atom is -0.476 e. The number of nitrogens with zero attached hydrogens (tertiary/aromatic N) is 2. The molecule has 31 heavy (non-hydrogen) atoms. The standard InChI is InChI=1S/C25H22N2O4/c1-17-9-11-19(12-10-17)23(28)21-8-4-14-27(21)13-3-6-18-5-2-7-20(15-18)24-22(25(29)30)26-16-31-24/h2,4-5,7-12,14-16H,3,6,13H2,1H3,(H,29,30). The Bertz CT molecular complexity index is 1220. The highest BCUT2D eigenvalue weighted by Crippen LogP contribution is 2.24. The van der Waals surface area contributed by atoms with Crippen molar-refractivity contribution in [1.29, 1.82) is 0 Å². The number of carboxylic acids is 1. The van der Waals surface area contributed by atoms with Crippen molar-refractivity contribution in [2.45, 2.75) is 26.3 Å². The lowest BCUT2D eigenvalue weighted by Gasteiger charge is -2.09. The van der Waals surface area contributed by atoms with E-state index in [1.807, 2.05) is 72.3 Å². The second-order valence-electron chi connectivity index (χ2n) is 7.42. The number of carbonyl (C=O) groups excluding carboxylic acids is 1. The average Bonchev–Trinajstić information content (AvgIpc) is 3.44. The second kappa shape index (κ2) is 8.83. The average molecular weight is 414 g/mol. The highest BCUT2D eigenvalue weighted by atomic mass is 16.4. The number of aromatic carboxylic acids is 1. The first kappa shape index (κ1) is 20.3. The molecule has 4 aromatic rings. The van der Waals surface area contributed by atoms with Crippen LogP contribution in [0.25, 0.3) is 11.3 Å². The fraction of sp³-hybridized carbons (Fsp3) is 0.160. The third-order valence-electron chi connectivity index (χ3n) is 5.20. The van der Waals surface area contributed by atoms with Crippen molar-refractivity contribution in [3.8, 4) is 11.3 Å². The van der Waals surface area contributed by atoms with Crippen LogP contribution >= 0.6 is 0 Å². The Kier molecular flexibility index (Phi) is 5.80. The molecular formula is C25H22N2O4. The molecule has 0 saturated carbocycles. The van der Waals surface area contributed by atoms with E-state index in [1.54, 1.807) is 6.07 Å². The lowest BCUT2D eigenvalue weighted by Crippen LogP contribution is -2.10. The zero-order valence-corrected chi connectivity index (χ0v) is 17.1. The van der Waals surface area contributed by atoms with Gasteiger partial charge in [-0.25, -0.2) is 9.78 Å². The number of hydrogen-bond donors (Lipinski definition) is 1. The molecule has 6 nitrogen and oxygen atoms in total. The van der Waals surface area contributed by atoms with E-state index < -0.39 is 5.97 Å². The number of carboxylic acid groups (broad SMARTS) is 1. The Labute approximate surface area is 179 Å². The molecule has 0 aliphatic heterocycles. The van der Waals surface area contributed by atoms with Gasteiger partial charge in [0, 0.05) is 23.9 Å². The fourth-order valence-corrected chi connectivity index (χ4v) is 3.59. The van der Waals surface area contributed by atoms with Gasteiger partial charge in [-0.1, -0.05) is 48.0 Å². The molecule has 0 atom stereocenters. The summed E-state index contributed by atoms with van der Waals surface area (Å²) in [4.78, 5) is 27.9. The first-order valence-electron chi connectivity index (χ1n) is 10.1. The molecule has 0 bridgehead atoms. The molecule has 0 amide bonds. The number of aryl methyl sites for hydroxylation is 3. The summed E-state index contributed by atoms with van der Waals surface area (Å²) < 4.78 is 7.27. The molecule has 0 saturated heterocycles. The van der Waals surface area contributed by atoms with Crippen molar-refractivity contribution in [2.24, 2.45) is 0 Å². The van der Waals surface area contributed by atoms with E-state index in [2.05, 4.69) is 4.98 Å². The Morgan fingerprint density at radius 2 is 1.87 bits per heavy atom. The van der Waals surface area contributed by atoms with Gasteiger partial charge in [-0.05, 0) is 43.5 Å². The fourth-order valence-electron chi connectivity index (χ4n) is 3.59. The Morgan fingerprint density at radius 1 is 1.06 bits per heavy atom. The van der Waals surface area contributed by atoms with Crippen molar-refractivity contribution < 1.29 is 19.1 Å². The van der Waals surface area contributed by atoms with Gasteiger partial charge in [-0.15, -0.1) is 0 Å². The smallest absolute Gasteiger partial charge is 0.358 e. The number of oxazole rings is 1. The van der Waals surface area contributed by atoms with Gasteiger partial charge in [-0.2, -0.15) is 0 Å². The molecule has 2 aromatic carbocycles. The van der Waals surface area contributed by atoms with Crippen LogP contribution in [0.2, 0.25) is 0 Å². The van der Waals surface area contributed by atoms with Crippen molar-refractivity contribution in [3.63, 3.8) is 0 Å². The Morgan fingerprint density at radius 3 is 2.65 bits per heavy atom. The van der Waals surface area contributed by atoms with Gasteiger partial charge in [-0.3, -0.25) is 4.79 Å². The summed E-state index contributed by atoms with van der Waals surface area (Å²) in [5, 5.41) is 9.25. The molecule has 0 aliphatic rings. The van der Waals surface area contributed by atoms with E-state index in [0.29, 0.717) is 23.4 Å². The quantitative estimate of drug-likeness (QED) is 0.410. The number of carbonyl (C=O) groups is 2. The van der Waals surface area contributed by atoms with Gasteiger partial charge in [0.15, 0.2) is 17.8 Å². The van der Waals surface area contributed by atoms with Crippen molar-refractivity contribution in [1.82, 2.24) is 9.55 Å². The van der Waals surface area contributed by atoms with Gasteiger partial charge < -0.3 is 14.1 Å². The van der Waals surface area contributed by atoms with Crippen molar-refractivity contribution in [2.75, 3.05) is 0 Å². The van der Waals surface area contributed by atoms with E-state index >= 15 is 0 Å². The van der Waals surface area contributed by atoms with E-state index in [4.69, 9.17) is 4.42 Å². The molecule has 2 heterocycles.